The lowest BCUT2D eigenvalue weighted by molar-refractivity contribution is -0.114. The Labute approximate surface area is 146 Å². The van der Waals surface area contributed by atoms with E-state index in [0.717, 1.165) is 5.56 Å². The quantitative estimate of drug-likeness (QED) is 0.779. The Kier molecular flexibility index (Phi) is 6.21. The third-order valence-corrected chi connectivity index (χ3v) is 3.57. The summed E-state index contributed by atoms with van der Waals surface area (Å²) in [5, 5.41) is 6.23. The van der Waals surface area contributed by atoms with Crippen LogP contribution in [0.2, 0.25) is 5.02 Å². The van der Waals surface area contributed by atoms with Crippen LogP contribution < -0.4 is 10.6 Å². The summed E-state index contributed by atoms with van der Waals surface area (Å²) in [5.74, 6) is -0.758. The molecule has 0 bridgehead atoms. The fraction of sp³-hybridized carbons (Fsp3) is 0.222. The number of para-hydroxylation sites is 1. The Bertz CT molecular complexity index is 747. The van der Waals surface area contributed by atoms with Crippen LogP contribution in [-0.4, -0.2) is 25.0 Å². The predicted octanol–water partition coefficient (Wildman–Crippen LogP) is 3.88. The summed E-state index contributed by atoms with van der Waals surface area (Å²) in [5.41, 5.74) is 2.45. The number of ether oxygens (including phenoxy) is 1. The number of esters is 1. The summed E-state index contributed by atoms with van der Waals surface area (Å²) in [7, 11) is 0. The number of aryl methyl sites for hydroxylation is 1. The molecule has 0 aromatic heterocycles. The fourth-order valence-electron chi connectivity index (χ4n) is 2.11. The third kappa shape index (κ3) is 4.73. The summed E-state index contributed by atoms with van der Waals surface area (Å²) < 4.78 is 4.98. The second-order valence-electron chi connectivity index (χ2n) is 5.15. The molecule has 0 radical (unpaired) electrons. The maximum Gasteiger partial charge on any atom is 0.340 e. The van der Waals surface area contributed by atoms with Crippen LogP contribution in [-0.2, 0) is 9.53 Å². The molecular weight excluding hydrogens is 328 g/mol. The zero-order valence-corrected chi connectivity index (χ0v) is 14.3. The predicted molar refractivity (Wildman–Crippen MR) is 95.7 cm³/mol. The van der Waals surface area contributed by atoms with Crippen LogP contribution in [0.4, 0.5) is 11.4 Å². The van der Waals surface area contributed by atoms with Gasteiger partial charge in [0.15, 0.2) is 0 Å². The molecule has 0 spiro atoms. The van der Waals surface area contributed by atoms with Crippen LogP contribution in [0.3, 0.4) is 0 Å². The number of nitrogens with one attached hydrogen (secondary N) is 2. The number of benzene rings is 2. The van der Waals surface area contributed by atoms with Crippen LogP contribution in [0.1, 0.15) is 22.8 Å². The van der Waals surface area contributed by atoms with E-state index in [4.69, 9.17) is 16.3 Å². The van der Waals surface area contributed by atoms with E-state index in [0.29, 0.717) is 22.0 Å². The van der Waals surface area contributed by atoms with Gasteiger partial charge >= 0.3 is 5.97 Å². The maximum atomic E-state index is 12.1. The second kappa shape index (κ2) is 8.36. The molecule has 0 aliphatic heterocycles. The van der Waals surface area contributed by atoms with Gasteiger partial charge in [0.05, 0.1) is 35.1 Å². The lowest BCUT2D eigenvalue weighted by Gasteiger charge is -2.12. The number of halogens is 1. The van der Waals surface area contributed by atoms with E-state index in [1.807, 2.05) is 25.1 Å². The van der Waals surface area contributed by atoms with Gasteiger partial charge in [-0.2, -0.15) is 0 Å². The molecule has 5 nitrogen and oxygen atoms in total. The molecule has 1 amide bonds. The Balaban J connectivity index is 2.01. The minimum Gasteiger partial charge on any atom is -0.462 e. The highest BCUT2D eigenvalue weighted by Gasteiger charge is 2.14. The van der Waals surface area contributed by atoms with Gasteiger partial charge in [-0.15, -0.1) is 0 Å². The lowest BCUT2D eigenvalue weighted by Crippen LogP contribution is -2.23. The van der Waals surface area contributed by atoms with Gasteiger partial charge in [-0.05, 0) is 43.7 Å². The number of carbonyl (C=O) groups excluding carboxylic acids is 2. The Morgan fingerprint density at radius 2 is 1.88 bits per heavy atom. The van der Waals surface area contributed by atoms with E-state index in [2.05, 4.69) is 10.6 Å². The summed E-state index contributed by atoms with van der Waals surface area (Å²) in [6, 6.07) is 12.3. The maximum absolute atomic E-state index is 12.1. The van der Waals surface area contributed by atoms with Gasteiger partial charge in [0.2, 0.25) is 5.91 Å². The summed E-state index contributed by atoms with van der Waals surface area (Å²) in [6.07, 6.45) is 0. The van der Waals surface area contributed by atoms with Crippen molar-refractivity contribution in [2.45, 2.75) is 13.8 Å². The first-order chi connectivity index (χ1) is 11.5. The van der Waals surface area contributed by atoms with Crippen molar-refractivity contribution in [3.63, 3.8) is 0 Å². The van der Waals surface area contributed by atoms with Crippen molar-refractivity contribution < 1.29 is 14.3 Å². The number of hydrogen-bond acceptors (Lipinski definition) is 4. The highest BCUT2D eigenvalue weighted by molar-refractivity contribution is 6.33. The highest BCUT2D eigenvalue weighted by Crippen LogP contribution is 2.22. The molecule has 2 N–H and O–H groups in total. The Morgan fingerprint density at radius 1 is 1.12 bits per heavy atom. The average molecular weight is 347 g/mol. The SMILES string of the molecule is CCOC(=O)c1ccccc1NC(=O)CNc1ccc(C)cc1Cl. The number of anilines is 2. The molecule has 2 aromatic carbocycles. The molecule has 0 aliphatic rings. The molecule has 0 saturated heterocycles. The van der Waals surface area contributed by atoms with Crippen molar-refractivity contribution in [3.05, 3.63) is 58.6 Å². The first-order valence-electron chi connectivity index (χ1n) is 7.57. The smallest absolute Gasteiger partial charge is 0.340 e. The minimum absolute atomic E-state index is 0.0277. The molecule has 0 atom stereocenters. The molecule has 0 saturated carbocycles. The molecule has 6 heteroatoms. The third-order valence-electron chi connectivity index (χ3n) is 3.26. The van der Waals surface area contributed by atoms with Crippen molar-refractivity contribution in [1.29, 1.82) is 0 Å². The van der Waals surface area contributed by atoms with Gasteiger partial charge in [0, 0.05) is 0 Å². The molecule has 0 aliphatic carbocycles. The summed E-state index contributed by atoms with van der Waals surface area (Å²) in [4.78, 5) is 24.0. The first-order valence-corrected chi connectivity index (χ1v) is 7.95. The van der Waals surface area contributed by atoms with E-state index in [1.165, 1.54) is 0 Å². The Morgan fingerprint density at radius 3 is 2.58 bits per heavy atom. The number of amides is 1. The van der Waals surface area contributed by atoms with Crippen LogP contribution in [0.25, 0.3) is 0 Å². The van der Waals surface area contributed by atoms with Crippen LogP contribution in [0.15, 0.2) is 42.5 Å². The summed E-state index contributed by atoms with van der Waals surface area (Å²) in [6.45, 7) is 3.97. The van der Waals surface area contributed by atoms with Gasteiger partial charge in [-0.3, -0.25) is 4.79 Å². The van der Waals surface area contributed by atoms with E-state index in [9.17, 15) is 9.59 Å². The zero-order valence-electron chi connectivity index (χ0n) is 13.6. The summed E-state index contributed by atoms with van der Waals surface area (Å²) >= 11 is 6.12. The van der Waals surface area contributed by atoms with Crippen molar-refractivity contribution in [2.75, 3.05) is 23.8 Å². The van der Waals surface area contributed by atoms with Gasteiger partial charge in [-0.1, -0.05) is 29.8 Å². The van der Waals surface area contributed by atoms with Crippen molar-refractivity contribution in [3.8, 4) is 0 Å². The van der Waals surface area contributed by atoms with Crippen molar-refractivity contribution in [2.24, 2.45) is 0 Å². The standard InChI is InChI=1S/C18H19ClN2O3/c1-3-24-18(23)13-6-4-5-7-15(13)21-17(22)11-20-16-9-8-12(2)10-14(16)19/h4-10,20H,3,11H2,1-2H3,(H,21,22). The van der Waals surface area contributed by atoms with Gasteiger partial charge in [-0.25, -0.2) is 4.79 Å². The largest absolute Gasteiger partial charge is 0.462 e. The molecule has 0 heterocycles. The molecule has 0 unspecified atom stereocenters. The Hall–Kier alpha value is -2.53. The van der Waals surface area contributed by atoms with E-state index < -0.39 is 5.97 Å². The molecule has 2 rings (SSSR count). The van der Waals surface area contributed by atoms with E-state index in [-0.39, 0.29) is 19.1 Å². The molecule has 2 aromatic rings. The van der Waals surface area contributed by atoms with Crippen molar-refractivity contribution >= 4 is 34.9 Å². The normalized spacial score (nSPS) is 10.1. The molecule has 0 fully saturated rings. The van der Waals surface area contributed by atoms with E-state index >= 15 is 0 Å². The molecular formula is C18H19ClN2O3. The first kappa shape index (κ1) is 17.8. The average Bonchev–Trinajstić information content (AvgIpc) is 2.54. The fourth-order valence-corrected chi connectivity index (χ4v) is 2.41. The minimum atomic E-state index is -0.470. The number of rotatable bonds is 6. The highest BCUT2D eigenvalue weighted by atomic mass is 35.5. The molecule has 126 valence electrons. The topological polar surface area (TPSA) is 67.4 Å². The monoisotopic (exact) mass is 346 g/mol. The van der Waals surface area contributed by atoms with Crippen molar-refractivity contribution in [1.82, 2.24) is 0 Å². The number of hydrogen-bond donors (Lipinski definition) is 2. The van der Waals surface area contributed by atoms with Crippen LogP contribution >= 0.6 is 11.6 Å². The number of carbonyl (C=O) groups is 2. The second-order valence-corrected chi connectivity index (χ2v) is 5.56. The van der Waals surface area contributed by atoms with Gasteiger partial charge in [0.1, 0.15) is 0 Å². The van der Waals surface area contributed by atoms with Gasteiger partial charge < -0.3 is 15.4 Å². The van der Waals surface area contributed by atoms with E-state index in [1.54, 1.807) is 31.2 Å². The van der Waals surface area contributed by atoms with Crippen LogP contribution in [0, 0.1) is 6.92 Å². The lowest BCUT2D eigenvalue weighted by atomic mass is 10.2. The van der Waals surface area contributed by atoms with Crippen LogP contribution in [0.5, 0.6) is 0 Å². The van der Waals surface area contributed by atoms with Gasteiger partial charge in [0.25, 0.3) is 0 Å². The zero-order chi connectivity index (χ0) is 17.5. The molecule has 24 heavy (non-hydrogen) atoms.